The lowest BCUT2D eigenvalue weighted by atomic mass is 9.85. The van der Waals surface area contributed by atoms with Crippen molar-refractivity contribution >= 4 is 12.1 Å². The third-order valence-electron chi connectivity index (χ3n) is 7.68. The molecule has 1 aliphatic rings. The number of hydrogen-bond donors (Lipinski definition) is 2. The average molecular weight is 576 g/mol. The lowest BCUT2D eigenvalue weighted by Gasteiger charge is -2.38. The molecule has 1 unspecified atom stereocenters. The number of urea groups is 1. The van der Waals surface area contributed by atoms with E-state index < -0.39 is 6.09 Å². The molecule has 0 bridgehead atoms. The molecule has 224 valence electrons. The summed E-state index contributed by atoms with van der Waals surface area (Å²) >= 11 is 0. The summed E-state index contributed by atoms with van der Waals surface area (Å²) in [6, 6.07) is 13.6. The smallest absolute Gasteiger partial charge is 0.410 e. The van der Waals surface area contributed by atoms with E-state index in [-0.39, 0.29) is 17.8 Å². The highest BCUT2D eigenvalue weighted by molar-refractivity contribution is 5.76. The number of nitrogens with two attached hydrogens (primary N) is 1. The minimum atomic E-state index is -0.893. The van der Waals surface area contributed by atoms with Crippen LogP contribution in [0.5, 0.6) is 23.0 Å². The maximum absolute atomic E-state index is 13.2. The zero-order valence-electron chi connectivity index (χ0n) is 25.3. The zero-order valence-corrected chi connectivity index (χ0v) is 25.3. The summed E-state index contributed by atoms with van der Waals surface area (Å²) in [6.45, 7) is 9.62. The molecule has 0 saturated carbocycles. The first-order valence-corrected chi connectivity index (χ1v) is 14.3. The Hall–Kier alpha value is -4.40. The second-order valence-corrected chi connectivity index (χ2v) is 10.4. The molecule has 42 heavy (non-hydrogen) atoms. The number of benzene rings is 3. The van der Waals surface area contributed by atoms with Crippen LogP contribution < -0.4 is 30.0 Å². The maximum Gasteiger partial charge on any atom is 0.410 e. The van der Waals surface area contributed by atoms with Gasteiger partial charge in [-0.2, -0.15) is 0 Å². The van der Waals surface area contributed by atoms with Crippen LogP contribution in [0.3, 0.4) is 0 Å². The van der Waals surface area contributed by atoms with Crippen LogP contribution >= 0.6 is 0 Å². The Morgan fingerprint density at radius 3 is 2.40 bits per heavy atom. The number of primary amides is 1. The van der Waals surface area contributed by atoms with Gasteiger partial charge in [-0.05, 0) is 79.6 Å². The Morgan fingerprint density at radius 2 is 1.76 bits per heavy atom. The standard InChI is InChI=1S/C33H41N3O6/c1-7-24-22(10-12-27(31(24)40-6)42-32(34)37)14-16-41-29-19-26-23(18-28(29)39-5)13-15-36(33(38)35-8-2)30(26)25-11-9-20(3)17-21(25)4/h9-12,17-19,30H,7-8,13-16H2,1-6H3,(H2,34,37)(H,35,38). The monoisotopic (exact) mass is 575 g/mol. The van der Waals surface area contributed by atoms with Gasteiger partial charge in [0.2, 0.25) is 0 Å². The van der Waals surface area contributed by atoms with Gasteiger partial charge < -0.3 is 34.9 Å². The first-order chi connectivity index (χ1) is 20.2. The van der Waals surface area contributed by atoms with E-state index in [0.29, 0.717) is 56.2 Å². The van der Waals surface area contributed by atoms with Gasteiger partial charge in [-0.25, -0.2) is 9.59 Å². The first kappa shape index (κ1) is 30.6. The van der Waals surface area contributed by atoms with E-state index >= 15 is 0 Å². The number of hydrogen-bond acceptors (Lipinski definition) is 6. The first-order valence-electron chi connectivity index (χ1n) is 14.3. The lowest BCUT2D eigenvalue weighted by Crippen LogP contribution is -2.46. The topological polar surface area (TPSA) is 112 Å². The summed E-state index contributed by atoms with van der Waals surface area (Å²) in [5.41, 5.74) is 12.7. The van der Waals surface area contributed by atoms with Crippen LogP contribution in [0.1, 0.15) is 58.8 Å². The molecule has 1 heterocycles. The molecular formula is C33H41N3O6. The van der Waals surface area contributed by atoms with E-state index in [4.69, 9.17) is 24.7 Å². The molecular weight excluding hydrogens is 534 g/mol. The molecule has 1 atom stereocenters. The molecule has 0 fully saturated rings. The summed E-state index contributed by atoms with van der Waals surface area (Å²) in [4.78, 5) is 26.5. The molecule has 0 radical (unpaired) electrons. The van der Waals surface area contributed by atoms with E-state index in [1.165, 1.54) is 12.7 Å². The Morgan fingerprint density at radius 1 is 0.976 bits per heavy atom. The van der Waals surface area contributed by atoms with Crippen molar-refractivity contribution in [2.45, 2.75) is 53.0 Å². The van der Waals surface area contributed by atoms with Gasteiger partial charge in [-0.3, -0.25) is 0 Å². The van der Waals surface area contributed by atoms with E-state index in [1.807, 2.05) is 36.9 Å². The van der Waals surface area contributed by atoms with Gasteiger partial charge in [0.15, 0.2) is 23.0 Å². The normalized spacial score (nSPS) is 14.1. The van der Waals surface area contributed by atoms with Gasteiger partial charge in [-0.1, -0.05) is 36.8 Å². The van der Waals surface area contributed by atoms with Crippen molar-refractivity contribution in [3.8, 4) is 23.0 Å². The van der Waals surface area contributed by atoms with Crippen molar-refractivity contribution in [2.75, 3.05) is 33.9 Å². The van der Waals surface area contributed by atoms with Gasteiger partial charge >= 0.3 is 12.1 Å². The number of rotatable bonds is 10. The molecule has 9 nitrogen and oxygen atoms in total. The number of amides is 3. The lowest BCUT2D eigenvalue weighted by molar-refractivity contribution is 0.180. The van der Waals surface area contributed by atoms with Crippen molar-refractivity contribution in [1.29, 1.82) is 0 Å². The molecule has 4 rings (SSSR count). The Bertz CT molecular complexity index is 1450. The van der Waals surface area contributed by atoms with Crippen molar-refractivity contribution < 1.29 is 28.5 Å². The highest BCUT2D eigenvalue weighted by atomic mass is 16.6. The number of carbonyl (C=O) groups is 2. The molecule has 0 saturated heterocycles. The number of aryl methyl sites for hydroxylation is 2. The van der Waals surface area contributed by atoms with E-state index in [1.54, 1.807) is 13.2 Å². The second kappa shape index (κ2) is 13.5. The summed E-state index contributed by atoms with van der Waals surface area (Å²) in [5.74, 6) is 2.04. The molecule has 3 aromatic rings. The Labute approximate surface area is 247 Å². The number of ether oxygens (including phenoxy) is 4. The number of fused-ring (bicyclic) bond motifs is 1. The predicted molar refractivity (Wildman–Crippen MR) is 162 cm³/mol. The Balaban J connectivity index is 1.67. The highest BCUT2D eigenvalue weighted by Crippen LogP contribution is 2.42. The van der Waals surface area contributed by atoms with Crippen LogP contribution in [-0.2, 0) is 19.3 Å². The molecule has 9 heteroatoms. The number of methoxy groups -OCH3 is 2. The fraction of sp³-hybridized carbons (Fsp3) is 0.394. The molecule has 0 spiro atoms. The number of nitrogens with zero attached hydrogens (tertiary/aromatic N) is 1. The Kier molecular flexibility index (Phi) is 9.83. The average Bonchev–Trinajstić information content (AvgIpc) is 2.96. The third-order valence-corrected chi connectivity index (χ3v) is 7.68. The predicted octanol–water partition coefficient (Wildman–Crippen LogP) is 5.64. The summed E-state index contributed by atoms with van der Waals surface area (Å²) in [7, 11) is 3.17. The molecule has 3 aromatic carbocycles. The highest BCUT2D eigenvalue weighted by Gasteiger charge is 2.34. The minimum Gasteiger partial charge on any atom is -0.493 e. The van der Waals surface area contributed by atoms with Gasteiger partial charge in [0.25, 0.3) is 0 Å². The van der Waals surface area contributed by atoms with Crippen molar-refractivity contribution in [3.05, 3.63) is 81.4 Å². The van der Waals surface area contributed by atoms with Gasteiger partial charge in [0.1, 0.15) is 0 Å². The summed E-state index contributed by atoms with van der Waals surface area (Å²) in [5, 5.41) is 2.99. The fourth-order valence-corrected chi connectivity index (χ4v) is 5.79. The maximum atomic E-state index is 13.2. The van der Waals surface area contributed by atoms with Crippen LogP contribution in [0.2, 0.25) is 0 Å². The molecule has 0 aromatic heterocycles. The van der Waals surface area contributed by atoms with Crippen LogP contribution in [0, 0.1) is 13.8 Å². The number of nitrogens with one attached hydrogen (secondary N) is 1. The van der Waals surface area contributed by atoms with Gasteiger partial charge in [0.05, 0.1) is 26.9 Å². The van der Waals surface area contributed by atoms with Gasteiger partial charge in [-0.15, -0.1) is 0 Å². The molecule has 3 amide bonds. The van der Waals surface area contributed by atoms with E-state index in [9.17, 15) is 9.59 Å². The third kappa shape index (κ3) is 6.40. The van der Waals surface area contributed by atoms with Crippen LogP contribution in [-0.4, -0.2) is 50.9 Å². The summed E-state index contributed by atoms with van der Waals surface area (Å²) < 4.78 is 22.8. The van der Waals surface area contributed by atoms with E-state index in [2.05, 4.69) is 37.4 Å². The summed E-state index contributed by atoms with van der Waals surface area (Å²) in [6.07, 6.45) is 1.08. The van der Waals surface area contributed by atoms with Gasteiger partial charge in [0, 0.05) is 25.1 Å². The quantitative estimate of drug-likeness (QED) is 0.324. The van der Waals surface area contributed by atoms with Crippen LogP contribution in [0.4, 0.5) is 9.59 Å². The van der Waals surface area contributed by atoms with Crippen LogP contribution in [0.25, 0.3) is 0 Å². The van der Waals surface area contributed by atoms with E-state index in [0.717, 1.165) is 33.4 Å². The zero-order chi connectivity index (χ0) is 30.4. The van der Waals surface area contributed by atoms with Crippen molar-refractivity contribution in [1.82, 2.24) is 10.2 Å². The molecule has 3 N–H and O–H groups in total. The molecule has 0 aliphatic carbocycles. The van der Waals surface area contributed by atoms with Crippen molar-refractivity contribution in [2.24, 2.45) is 5.73 Å². The SMILES string of the molecule is CCNC(=O)N1CCc2cc(OC)c(OCCc3ccc(OC(N)=O)c(OC)c3CC)cc2C1c1ccc(C)cc1C. The van der Waals surface area contributed by atoms with Crippen LogP contribution in [0.15, 0.2) is 42.5 Å². The largest absolute Gasteiger partial charge is 0.493 e. The minimum absolute atomic E-state index is 0.0868. The van der Waals surface area contributed by atoms with Crippen molar-refractivity contribution in [3.63, 3.8) is 0 Å². The fourth-order valence-electron chi connectivity index (χ4n) is 5.79. The second-order valence-electron chi connectivity index (χ2n) is 10.4. The number of carbonyl (C=O) groups excluding carboxylic acids is 2. The molecule has 1 aliphatic heterocycles.